The van der Waals surface area contributed by atoms with E-state index < -0.39 is 0 Å². The van der Waals surface area contributed by atoms with E-state index in [4.69, 9.17) is 0 Å². The third-order valence-electron chi connectivity index (χ3n) is 0. The molecule has 0 saturated carbocycles. The van der Waals surface area contributed by atoms with Gasteiger partial charge in [-0.05, 0) is 0 Å². The van der Waals surface area contributed by atoms with Crippen LogP contribution in [0.25, 0.3) is 6.15 Å². The molecule has 0 aromatic heterocycles. The van der Waals surface area contributed by atoms with Crippen LogP contribution in [-0.2, 0) is 25.8 Å². The van der Waals surface area contributed by atoms with Crippen molar-refractivity contribution in [1.29, 1.82) is 0 Å². The Labute approximate surface area is 113 Å². The molecule has 0 aromatic carbocycles. The van der Waals surface area contributed by atoms with Gasteiger partial charge >= 0.3 is 0 Å². The fraction of sp³-hybridized carbons (Fsp3) is 0.667. The van der Waals surface area contributed by atoms with E-state index in [0.29, 0.717) is 0 Å². The molecular weight excluding hydrogens is 337 g/mol. The minimum atomic E-state index is 0. The smallest absolute Gasteiger partial charge is 0 e. The molecule has 0 heterocycles. The normalized spacial score (nSPS) is 5.14. The van der Waals surface area contributed by atoms with Crippen molar-refractivity contribution < 1.29 is 25.8 Å². The van der Waals surface area contributed by atoms with Crippen LogP contribution in [0.2, 0.25) is 0 Å². The number of hydrogen-bond donors (Lipinski definition) is 0. The Balaban J connectivity index is -0.0000000145. The van der Waals surface area contributed by atoms with Gasteiger partial charge in [0.2, 0.25) is 0 Å². The van der Waals surface area contributed by atoms with Crippen molar-refractivity contribution in [2.45, 2.75) is 53.4 Å². The molecule has 0 aliphatic heterocycles. The van der Waals surface area contributed by atoms with Crippen molar-refractivity contribution in [2.75, 3.05) is 0 Å². The maximum Gasteiger partial charge on any atom is 0 e. The fourth-order valence-corrected chi connectivity index (χ4v) is 0. The van der Waals surface area contributed by atoms with Gasteiger partial charge in [0.05, 0.1) is 0 Å². The van der Waals surface area contributed by atoms with E-state index >= 15 is 0 Å². The first-order chi connectivity index (χ1) is 5.66. The zero-order valence-electron chi connectivity index (χ0n) is 10.7. The molecule has 0 radical (unpaired) electrons. The molecule has 0 rings (SSSR count). The summed E-state index contributed by atoms with van der Waals surface area (Å²) in [6.07, 6.45) is 4.00. The average molecular weight is 367 g/mol. The average Bonchev–Trinajstić information content (AvgIpc) is 1.92. The van der Waals surface area contributed by atoms with Crippen LogP contribution in [0, 0.1) is 27.7 Å². The van der Waals surface area contributed by atoms with Gasteiger partial charge in [0.1, 0.15) is 0 Å². The molecule has 0 spiro atoms. The maximum atomic E-state index is 3.49. The molecule has 0 unspecified atom stereocenters. The minimum absolute atomic E-state index is 0. The van der Waals surface area contributed by atoms with E-state index in [9.17, 15) is 0 Å². The zero-order chi connectivity index (χ0) is 10.8. The van der Waals surface area contributed by atoms with Crippen molar-refractivity contribution in [3.8, 4) is 0 Å². The molecule has 0 saturated heterocycles. The summed E-state index contributed by atoms with van der Waals surface area (Å²) in [6, 6.07) is 0. The van der Waals surface area contributed by atoms with Crippen LogP contribution in [0.4, 0.5) is 0 Å². The summed E-state index contributed by atoms with van der Waals surface area (Å²) in [4.78, 5) is 0. The summed E-state index contributed by atoms with van der Waals surface area (Å²) < 4.78 is 0. The Hall–Kier alpha value is 0.830. The van der Waals surface area contributed by atoms with Crippen LogP contribution >= 0.6 is 0 Å². The second-order valence-corrected chi connectivity index (χ2v) is 2.00. The van der Waals surface area contributed by atoms with Gasteiger partial charge in [0.15, 0.2) is 0 Å². The fourth-order valence-electron chi connectivity index (χ4n) is 0. The molecule has 1 nitrogen and oxygen atoms in total. The molecule has 0 aliphatic rings. The van der Waals surface area contributed by atoms with Crippen LogP contribution in [0.15, 0.2) is 0 Å². The van der Waals surface area contributed by atoms with Gasteiger partial charge in [-0.15, -0.1) is 0 Å². The van der Waals surface area contributed by atoms with Crippen molar-refractivity contribution in [3.05, 3.63) is 33.8 Å². The van der Waals surface area contributed by atoms with Gasteiger partial charge in [-0.25, -0.2) is 0 Å². The predicted molar refractivity (Wildman–Crippen MR) is 67.9 cm³/mol. The Morgan fingerprint density at radius 2 is 0.571 bits per heavy atom. The molecule has 0 atom stereocenters. The summed E-state index contributed by atoms with van der Waals surface area (Å²) >= 11 is 0. The number of nitrogens with two attached hydrogens (primary N) is 1. The Morgan fingerprint density at radius 3 is 0.571 bits per heavy atom. The minimum Gasteiger partial charge on any atom is -0.693 e. The van der Waals surface area contributed by atoms with Crippen LogP contribution in [0.5, 0.6) is 0 Å². The van der Waals surface area contributed by atoms with Crippen LogP contribution in [0.1, 0.15) is 53.4 Å². The molecule has 92 valence electrons. The Bertz CT molecular complexity index is 18.3. The molecule has 2 heteroatoms. The van der Waals surface area contributed by atoms with E-state index in [1.165, 1.54) is 0 Å². The molecule has 2 N–H and O–H groups in total. The standard InChI is InChI=1S/4C3H7.Hf.H2N/c4*1-3-2;;/h4*1,3H2,2H3;;1H2/q4*-1;;-1. The number of rotatable bonds is 0. The second-order valence-electron chi connectivity index (χ2n) is 2.00. The maximum absolute atomic E-state index is 3.49. The van der Waals surface area contributed by atoms with Gasteiger partial charge in [-0.3, -0.25) is 0 Å². The topological polar surface area (TPSA) is 33.5 Å². The Morgan fingerprint density at radius 1 is 0.571 bits per heavy atom. The van der Waals surface area contributed by atoms with Crippen LogP contribution in [0.3, 0.4) is 0 Å². The molecular formula is C12H30HfN-5. The summed E-state index contributed by atoms with van der Waals surface area (Å²) in [6.45, 7) is 22.0. The van der Waals surface area contributed by atoms with E-state index in [2.05, 4.69) is 27.7 Å². The zero-order valence-corrected chi connectivity index (χ0v) is 14.3. The third kappa shape index (κ3) is 2610. The molecule has 0 bridgehead atoms. The van der Waals surface area contributed by atoms with Gasteiger partial charge in [-0.1, -0.05) is 27.7 Å². The summed E-state index contributed by atoms with van der Waals surface area (Å²) in [5.74, 6) is 0. The van der Waals surface area contributed by atoms with Crippen LogP contribution in [-0.4, -0.2) is 0 Å². The first kappa shape index (κ1) is 36.4. The first-order valence-corrected chi connectivity index (χ1v) is 4.83. The molecule has 0 aliphatic carbocycles. The van der Waals surface area contributed by atoms with Gasteiger partial charge in [0.25, 0.3) is 0 Å². The van der Waals surface area contributed by atoms with Gasteiger partial charge in [0, 0.05) is 25.8 Å². The first-order valence-electron chi connectivity index (χ1n) is 4.83. The van der Waals surface area contributed by atoms with Crippen molar-refractivity contribution >= 4 is 0 Å². The van der Waals surface area contributed by atoms with Crippen molar-refractivity contribution in [1.82, 2.24) is 0 Å². The molecule has 14 heavy (non-hydrogen) atoms. The van der Waals surface area contributed by atoms with E-state index in [0.717, 1.165) is 25.7 Å². The van der Waals surface area contributed by atoms with Gasteiger partial charge in [-0.2, -0.15) is 25.7 Å². The second kappa shape index (κ2) is 97.6. The Kier molecular flexibility index (Phi) is 254. The summed E-state index contributed by atoms with van der Waals surface area (Å²) in [7, 11) is 0. The summed E-state index contributed by atoms with van der Waals surface area (Å²) in [5.41, 5.74) is 0. The van der Waals surface area contributed by atoms with E-state index in [1.54, 1.807) is 0 Å². The molecule has 0 fully saturated rings. The monoisotopic (exact) mass is 368 g/mol. The third-order valence-corrected chi connectivity index (χ3v) is 0. The van der Waals surface area contributed by atoms with Crippen LogP contribution < -0.4 is 0 Å². The molecule has 0 aromatic rings. The quantitative estimate of drug-likeness (QED) is 0.393. The largest absolute Gasteiger partial charge is 0.693 e. The number of hydrogen-bond acceptors (Lipinski definition) is 0. The summed E-state index contributed by atoms with van der Waals surface area (Å²) in [5, 5.41) is 0. The SMILES string of the molecule is [CH2-]CC.[CH2-]CC.[CH2-]CC.[CH2-]CC.[Hf].[NH2-]. The van der Waals surface area contributed by atoms with Crippen molar-refractivity contribution in [3.63, 3.8) is 0 Å². The van der Waals surface area contributed by atoms with E-state index in [-0.39, 0.29) is 32.0 Å². The van der Waals surface area contributed by atoms with Gasteiger partial charge < -0.3 is 33.8 Å². The van der Waals surface area contributed by atoms with E-state index in [1.807, 2.05) is 27.7 Å². The molecule has 0 amide bonds. The predicted octanol–water partition coefficient (Wildman–Crippen LogP) is 5.64. The van der Waals surface area contributed by atoms with Crippen molar-refractivity contribution in [2.24, 2.45) is 0 Å².